The molecule has 0 unspecified atom stereocenters. The number of hydrogen-bond acceptors (Lipinski definition) is 4. The van der Waals surface area contributed by atoms with Gasteiger partial charge in [-0.1, -0.05) is 6.07 Å². The standard InChI is InChI=1S/C14H20N2O4/c1-10-5-6-13(19-3)12(9-10)16(11(2)17)8-7-15-14(18)20-4/h5-6,9H,7-8H2,1-4H3,(H,15,18). The van der Waals surface area contributed by atoms with E-state index in [-0.39, 0.29) is 5.91 Å². The number of aryl methyl sites for hydroxylation is 1. The molecule has 0 aliphatic heterocycles. The molecule has 0 bridgehead atoms. The van der Waals surface area contributed by atoms with Gasteiger partial charge in [-0.05, 0) is 24.6 Å². The van der Waals surface area contributed by atoms with Crippen LogP contribution in [0, 0.1) is 6.92 Å². The first-order valence-corrected chi connectivity index (χ1v) is 6.24. The van der Waals surface area contributed by atoms with Crippen LogP contribution in [-0.2, 0) is 9.53 Å². The largest absolute Gasteiger partial charge is 0.495 e. The van der Waals surface area contributed by atoms with Gasteiger partial charge in [-0.15, -0.1) is 0 Å². The van der Waals surface area contributed by atoms with Crippen LogP contribution in [0.2, 0.25) is 0 Å². The van der Waals surface area contributed by atoms with Crippen molar-refractivity contribution >= 4 is 17.7 Å². The summed E-state index contributed by atoms with van der Waals surface area (Å²) in [5.41, 5.74) is 1.71. The van der Waals surface area contributed by atoms with Crippen molar-refractivity contribution in [3.05, 3.63) is 23.8 Å². The first kappa shape index (κ1) is 15.8. The van der Waals surface area contributed by atoms with Gasteiger partial charge in [0.1, 0.15) is 5.75 Å². The summed E-state index contributed by atoms with van der Waals surface area (Å²) in [7, 11) is 2.85. The third-order valence-electron chi connectivity index (χ3n) is 2.80. The number of carbonyl (C=O) groups excluding carboxylic acids is 2. The van der Waals surface area contributed by atoms with Gasteiger partial charge in [0.05, 0.1) is 19.9 Å². The SMILES string of the molecule is COC(=O)NCCN(C(C)=O)c1cc(C)ccc1OC. The smallest absolute Gasteiger partial charge is 0.406 e. The normalized spacial score (nSPS) is 9.80. The van der Waals surface area contributed by atoms with Gasteiger partial charge in [-0.2, -0.15) is 0 Å². The number of carbonyl (C=O) groups is 2. The molecule has 0 spiro atoms. The maximum atomic E-state index is 11.8. The van der Waals surface area contributed by atoms with E-state index >= 15 is 0 Å². The molecule has 0 aromatic heterocycles. The Morgan fingerprint density at radius 3 is 2.55 bits per heavy atom. The second-order valence-corrected chi connectivity index (χ2v) is 4.26. The van der Waals surface area contributed by atoms with Crippen molar-refractivity contribution in [3.63, 3.8) is 0 Å². The minimum Gasteiger partial charge on any atom is -0.495 e. The van der Waals surface area contributed by atoms with E-state index in [0.29, 0.717) is 24.5 Å². The third-order valence-corrected chi connectivity index (χ3v) is 2.80. The molecular formula is C14H20N2O4. The van der Waals surface area contributed by atoms with Gasteiger partial charge in [0.2, 0.25) is 5.91 Å². The number of nitrogens with zero attached hydrogens (tertiary/aromatic N) is 1. The Hall–Kier alpha value is -2.24. The average molecular weight is 280 g/mol. The molecule has 0 aliphatic rings. The van der Waals surface area contributed by atoms with Crippen LogP contribution < -0.4 is 15.0 Å². The van der Waals surface area contributed by atoms with E-state index < -0.39 is 6.09 Å². The number of methoxy groups -OCH3 is 2. The molecule has 1 N–H and O–H groups in total. The van der Waals surface area contributed by atoms with Gasteiger partial charge in [-0.25, -0.2) is 4.79 Å². The summed E-state index contributed by atoms with van der Waals surface area (Å²) in [6.45, 7) is 4.04. The summed E-state index contributed by atoms with van der Waals surface area (Å²) in [6, 6.07) is 5.60. The Kier molecular flexibility index (Phi) is 5.83. The fourth-order valence-corrected chi connectivity index (χ4v) is 1.80. The summed E-state index contributed by atoms with van der Waals surface area (Å²) < 4.78 is 9.76. The van der Waals surface area contributed by atoms with Crippen molar-refractivity contribution in [2.45, 2.75) is 13.8 Å². The van der Waals surface area contributed by atoms with Crippen molar-refractivity contribution in [3.8, 4) is 5.75 Å². The number of nitrogens with one attached hydrogen (secondary N) is 1. The quantitative estimate of drug-likeness (QED) is 0.891. The predicted molar refractivity (Wildman–Crippen MR) is 76.2 cm³/mol. The number of rotatable bonds is 5. The van der Waals surface area contributed by atoms with Gasteiger partial charge < -0.3 is 19.7 Å². The van der Waals surface area contributed by atoms with Gasteiger partial charge in [0, 0.05) is 20.0 Å². The van der Waals surface area contributed by atoms with E-state index in [1.165, 1.54) is 14.0 Å². The van der Waals surface area contributed by atoms with E-state index in [0.717, 1.165) is 5.56 Å². The minimum absolute atomic E-state index is 0.124. The zero-order valence-electron chi connectivity index (χ0n) is 12.2. The van der Waals surface area contributed by atoms with Gasteiger partial charge in [0.15, 0.2) is 0 Å². The molecule has 0 radical (unpaired) electrons. The number of ether oxygens (including phenoxy) is 2. The van der Waals surface area contributed by atoms with Crippen molar-refractivity contribution in [2.75, 3.05) is 32.2 Å². The molecule has 1 aromatic rings. The monoisotopic (exact) mass is 280 g/mol. The first-order valence-electron chi connectivity index (χ1n) is 6.24. The zero-order chi connectivity index (χ0) is 15.1. The highest BCUT2D eigenvalue weighted by Crippen LogP contribution is 2.29. The van der Waals surface area contributed by atoms with Crippen molar-refractivity contribution in [1.29, 1.82) is 0 Å². The third kappa shape index (κ3) is 4.15. The van der Waals surface area contributed by atoms with Crippen LogP contribution in [0.4, 0.5) is 10.5 Å². The highest BCUT2D eigenvalue weighted by Gasteiger charge is 2.16. The minimum atomic E-state index is -0.523. The average Bonchev–Trinajstić information content (AvgIpc) is 2.42. The summed E-state index contributed by atoms with van der Waals surface area (Å²) >= 11 is 0. The lowest BCUT2D eigenvalue weighted by Crippen LogP contribution is -2.37. The number of anilines is 1. The number of alkyl carbamates (subject to hydrolysis) is 1. The molecule has 2 amide bonds. The Morgan fingerprint density at radius 2 is 2.00 bits per heavy atom. The Balaban J connectivity index is 2.88. The van der Waals surface area contributed by atoms with Crippen molar-refractivity contribution in [1.82, 2.24) is 5.32 Å². The summed E-state index contributed by atoms with van der Waals surface area (Å²) in [4.78, 5) is 24.4. The lowest BCUT2D eigenvalue weighted by atomic mass is 10.2. The highest BCUT2D eigenvalue weighted by atomic mass is 16.5. The fraction of sp³-hybridized carbons (Fsp3) is 0.429. The topological polar surface area (TPSA) is 67.9 Å². The van der Waals surface area contributed by atoms with E-state index in [4.69, 9.17) is 4.74 Å². The van der Waals surface area contributed by atoms with Crippen molar-refractivity contribution in [2.24, 2.45) is 0 Å². The molecule has 0 saturated heterocycles. The van der Waals surface area contributed by atoms with E-state index in [1.54, 1.807) is 12.0 Å². The van der Waals surface area contributed by atoms with E-state index in [9.17, 15) is 9.59 Å². The Bertz CT molecular complexity index is 488. The lowest BCUT2D eigenvalue weighted by molar-refractivity contribution is -0.116. The second kappa shape index (κ2) is 7.37. The van der Waals surface area contributed by atoms with Crippen LogP contribution in [0.15, 0.2) is 18.2 Å². The van der Waals surface area contributed by atoms with E-state index in [2.05, 4.69) is 10.1 Å². The van der Waals surface area contributed by atoms with Crippen LogP contribution in [-0.4, -0.2) is 39.3 Å². The highest BCUT2D eigenvalue weighted by molar-refractivity contribution is 5.93. The van der Waals surface area contributed by atoms with Crippen LogP contribution in [0.5, 0.6) is 5.75 Å². The zero-order valence-corrected chi connectivity index (χ0v) is 12.2. The van der Waals surface area contributed by atoms with Gasteiger partial charge in [0.25, 0.3) is 0 Å². The van der Waals surface area contributed by atoms with Crippen LogP contribution in [0.3, 0.4) is 0 Å². The van der Waals surface area contributed by atoms with Crippen LogP contribution in [0.1, 0.15) is 12.5 Å². The number of amides is 2. The number of hydrogen-bond donors (Lipinski definition) is 1. The Labute approximate surface area is 118 Å². The molecule has 6 nitrogen and oxygen atoms in total. The first-order chi connectivity index (χ1) is 9.49. The maximum absolute atomic E-state index is 11.8. The molecule has 0 fully saturated rings. The van der Waals surface area contributed by atoms with Gasteiger partial charge in [-0.3, -0.25) is 4.79 Å². The van der Waals surface area contributed by atoms with Crippen molar-refractivity contribution < 1.29 is 19.1 Å². The molecule has 1 rings (SSSR count). The van der Waals surface area contributed by atoms with E-state index in [1.807, 2.05) is 25.1 Å². The van der Waals surface area contributed by atoms with Crippen LogP contribution >= 0.6 is 0 Å². The predicted octanol–water partition coefficient (Wildman–Crippen LogP) is 1.71. The maximum Gasteiger partial charge on any atom is 0.406 e. The van der Waals surface area contributed by atoms with Gasteiger partial charge >= 0.3 is 6.09 Å². The molecule has 1 aromatic carbocycles. The molecule has 0 saturated carbocycles. The fourth-order valence-electron chi connectivity index (χ4n) is 1.80. The molecule has 20 heavy (non-hydrogen) atoms. The molecule has 110 valence electrons. The van der Waals surface area contributed by atoms with Crippen LogP contribution in [0.25, 0.3) is 0 Å². The second-order valence-electron chi connectivity index (χ2n) is 4.26. The summed E-state index contributed by atoms with van der Waals surface area (Å²) in [6.07, 6.45) is -0.523. The summed E-state index contributed by atoms with van der Waals surface area (Å²) in [5.74, 6) is 0.490. The molecular weight excluding hydrogens is 260 g/mol. The molecule has 0 atom stereocenters. The molecule has 6 heteroatoms. The lowest BCUT2D eigenvalue weighted by Gasteiger charge is -2.23. The summed E-state index contributed by atoms with van der Waals surface area (Å²) in [5, 5.41) is 2.54. The number of benzene rings is 1. The molecule has 0 heterocycles. The molecule has 0 aliphatic carbocycles. The Morgan fingerprint density at radius 1 is 1.30 bits per heavy atom.